The van der Waals surface area contributed by atoms with E-state index >= 15 is 0 Å². The van der Waals surface area contributed by atoms with Crippen LogP contribution in [0, 0.1) is 5.92 Å². The Morgan fingerprint density at radius 2 is 1.83 bits per heavy atom. The zero-order chi connectivity index (χ0) is 16.9. The highest BCUT2D eigenvalue weighted by Crippen LogP contribution is 2.20. The van der Waals surface area contributed by atoms with Crippen LogP contribution in [-0.2, 0) is 11.3 Å². The molecule has 7 nitrogen and oxygen atoms in total. The molecule has 0 aliphatic carbocycles. The van der Waals surface area contributed by atoms with Crippen molar-refractivity contribution in [2.45, 2.75) is 26.4 Å². The fourth-order valence-electron chi connectivity index (χ4n) is 3.12. The van der Waals surface area contributed by atoms with Gasteiger partial charge in [0.2, 0.25) is 5.91 Å². The normalized spacial score (nSPS) is 17.2. The van der Waals surface area contributed by atoms with E-state index in [9.17, 15) is 4.79 Å². The molecule has 0 spiro atoms. The first-order valence-electron chi connectivity index (χ1n) is 8.39. The van der Waals surface area contributed by atoms with Gasteiger partial charge < -0.3 is 4.90 Å². The van der Waals surface area contributed by atoms with Crippen molar-refractivity contribution in [3.63, 3.8) is 0 Å². The van der Waals surface area contributed by atoms with Crippen LogP contribution in [-0.4, -0.2) is 61.6 Å². The molecule has 2 aromatic heterocycles. The molecule has 128 valence electrons. The zero-order valence-electron chi connectivity index (χ0n) is 14.2. The number of hydrogen-bond acceptors (Lipinski definition) is 5. The predicted molar refractivity (Wildman–Crippen MR) is 90.0 cm³/mol. The average molecular weight is 328 g/mol. The summed E-state index contributed by atoms with van der Waals surface area (Å²) in [5.74, 6) is 0.313. The number of pyridine rings is 1. The van der Waals surface area contributed by atoms with Crippen LogP contribution in [0.5, 0.6) is 0 Å². The van der Waals surface area contributed by atoms with Gasteiger partial charge >= 0.3 is 0 Å². The lowest BCUT2D eigenvalue weighted by Crippen LogP contribution is -2.50. The summed E-state index contributed by atoms with van der Waals surface area (Å²) in [5.41, 5.74) is 1.26. The lowest BCUT2D eigenvalue weighted by atomic mass is 10.0. The minimum absolute atomic E-state index is 0.138. The van der Waals surface area contributed by atoms with Gasteiger partial charge in [-0.2, -0.15) is 5.10 Å². The second kappa shape index (κ2) is 7.53. The first kappa shape index (κ1) is 16.6. The molecule has 0 radical (unpaired) electrons. The largest absolute Gasteiger partial charge is 0.338 e. The summed E-state index contributed by atoms with van der Waals surface area (Å²) < 4.78 is 1.68. The van der Waals surface area contributed by atoms with Gasteiger partial charge in [0.15, 0.2) is 0 Å². The molecular formula is C17H24N6O. The molecule has 3 rings (SSSR count). The van der Waals surface area contributed by atoms with Crippen LogP contribution in [0.15, 0.2) is 37.2 Å². The van der Waals surface area contributed by atoms with Gasteiger partial charge in [-0.1, -0.05) is 13.8 Å². The van der Waals surface area contributed by atoms with E-state index in [4.69, 9.17) is 0 Å². The molecule has 1 amide bonds. The highest BCUT2D eigenvalue weighted by Gasteiger charge is 2.31. The molecule has 3 heterocycles. The highest BCUT2D eigenvalue weighted by atomic mass is 16.2. The molecule has 1 atom stereocenters. The number of rotatable bonds is 5. The topological polar surface area (TPSA) is 67.2 Å². The summed E-state index contributed by atoms with van der Waals surface area (Å²) in [6.45, 7) is 8.27. The van der Waals surface area contributed by atoms with E-state index in [1.54, 1.807) is 11.0 Å². The maximum absolute atomic E-state index is 12.9. The summed E-state index contributed by atoms with van der Waals surface area (Å²) in [7, 11) is 0. The van der Waals surface area contributed by atoms with Gasteiger partial charge in [-0.15, -0.1) is 0 Å². The zero-order valence-corrected chi connectivity index (χ0v) is 14.2. The van der Waals surface area contributed by atoms with Crippen molar-refractivity contribution in [2.75, 3.05) is 26.2 Å². The van der Waals surface area contributed by atoms with Gasteiger partial charge in [-0.05, 0) is 23.6 Å². The Morgan fingerprint density at radius 3 is 2.42 bits per heavy atom. The number of nitrogens with zero attached hydrogens (tertiary/aromatic N) is 6. The molecule has 1 fully saturated rings. The number of aromatic nitrogens is 4. The Labute approximate surface area is 142 Å². The third kappa shape index (κ3) is 3.79. The van der Waals surface area contributed by atoms with Crippen molar-refractivity contribution in [3.05, 3.63) is 42.7 Å². The first-order chi connectivity index (χ1) is 11.6. The molecule has 0 saturated carbocycles. The van der Waals surface area contributed by atoms with Crippen LogP contribution in [0.4, 0.5) is 0 Å². The van der Waals surface area contributed by atoms with Gasteiger partial charge in [0.25, 0.3) is 0 Å². The van der Waals surface area contributed by atoms with Crippen LogP contribution in [0.2, 0.25) is 0 Å². The third-order valence-corrected chi connectivity index (χ3v) is 4.45. The average Bonchev–Trinajstić information content (AvgIpc) is 3.10. The minimum Gasteiger partial charge on any atom is -0.338 e. The minimum atomic E-state index is -0.278. The second-order valence-corrected chi connectivity index (χ2v) is 6.52. The Kier molecular flexibility index (Phi) is 5.20. The molecule has 7 heteroatoms. The van der Waals surface area contributed by atoms with E-state index in [2.05, 4.69) is 20.0 Å². The van der Waals surface area contributed by atoms with Crippen LogP contribution in [0.3, 0.4) is 0 Å². The second-order valence-electron chi connectivity index (χ2n) is 6.52. The van der Waals surface area contributed by atoms with Gasteiger partial charge in [0.05, 0.1) is 0 Å². The van der Waals surface area contributed by atoms with Crippen molar-refractivity contribution in [2.24, 2.45) is 5.92 Å². The fraction of sp³-hybridized carbons (Fsp3) is 0.529. The summed E-state index contributed by atoms with van der Waals surface area (Å²) in [6.07, 6.45) is 6.75. The van der Waals surface area contributed by atoms with E-state index in [1.807, 2.05) is 43.3 Å². The van der Waals surface area contributed by atoms with Crippen molar-refractivity contribution in [3.8, 4) is 0 Å². The Bertz CT molecular complexity index is 634. The summed E-state index contributed by atoms with van der Waals surface area (Å²) in [4.78, 5) is 25.3. The third-order valence-electron chi connectivity index (χ3n) is 4.45. The van der Waals surface area contributed by atoms with E-state index in [0.717, 1.165) is 32.7 Å². The van der Waals surface area contributed by atoms with Crippen LogP contribution >= 0.6 is 0 Å². The van der Waals surface area contributed by atoms with Gasteiger partial charge in [-0.3, -0.25) is 14.7 Å². The molecule has 0 bridgehead atoms. The number of piperazine rings is 1. The Balaban J connectivity index is 1.58. The smallest absolute Gasteiger partial charge is 0.247 e. The summed E-state index contributed by atoms with van der Waals surface area (Å²) in [5, 5.41) is 4.17. The molecule has 1 aliphatic heterocycles. The van der Waals surface area contributed by atoms with Gasteiger partial charge in [0, 0.05) is 45.1 Å². The number of amides is 1. The van der Waals surface area contributed by atoms with Crippen molar-refractivity contribution >= 4 is 5.91 Å². The van der Waals surface area contributed by atoms with E-state index in [0.29, 0.717) is 0 Å². The summed E-state index contributed by atoms with van der Waals surface area (Å²) >= 11 is 0. The molecule has 1 aliphatic rings. The molecule has 0 aromatic carbocycles. The molecule has 0 N–H and O–H groups in total. The molecule has 0 unspecified atom stereocenters. The lowest BCUT2D eigenvalue weighted by molar-refractivity contribution is -0.138. The van der Waals surface area contributed by atoms with Crippen molar-refractivity contribution < 1.29 is 4.79 Å². The lowest BCUT2D eigenvalue weighted by Gasteiger charge is -2.37. The quantitative estimate of drug-likeness (QED) is 0.825. The fourth-order valence-corrected chi connectivity index (χ4v) is 3.12. The number of carbonyl (C=O) groups is 1. The van der Waals surface area contributed by atoms with E-state index in [-0.39, 0.29) is 17.9 Å². The van der Waals surface area contributed by atoms with Crippen LogP contribution in [0.25, 0.3) is 0 Å². The Hall–Kier alpha value is -2.28. The maximum atomic E-state index is 12.9. The van der Waals surface area contributed by atoms with E-state index in [1.165, 1.54) is 11.9 Å². The van der Waals surface area contributed by atoms with Crippen molar-refractivity contribution in [1.82, 2.24) is 29.5 Å². The van der Waals surface area contributed by atoms with Crippen molar-refractivity contribution in [1.29, 1.82) is 0 Å². The molecular weight excluding hydrogens is 304 g/mol. The van der Waals surface area contributed by atoms with Gasteiger partial charge in [-0.25, -0.2) is 9.67 Å². The van der Waals surface area contributed by atoms with Crippen LogP contribution in [0.1, 0.15) is 25.5 Å². The molecule has 1 saturated heterocycles. The maximum Gasteiger partial charge on any atom is 0.247 e. The van der Waals surface area contributed by atoms with Gasteiger partial charge in [0.1, 0.15) is 18.7 Å². The predicted octanol–water partition coefficient (Wildman–Crippen LogP) is 1.21. The standard InChI is InChI=1S/C17H24N6O/c1-14(2)16(23-13-19-12-20-23)17(24)22-9-7-21(8-10-22)11-15-3-5-18-6-4-15/h3-6,12-14,16H,7-11H2,1-2H3/t16-/m1/s1. The van der Waals surface area contributed by atoms with E-state index < -0.39 is 0 Å². The SMILES string of the molecule is CC(C)[C@H](C(=O)N1CCN(Cc2ccncc2)CC1)n1cncn1. The summed E-state index contributed by atoms with van der Waals surface area (Å²) in [6, 6.07) is 3.80. The number of hydrogen-bond donors (Lipinski definition) is 0. The van der Waals surface area contributed by atoms with Crippen LogP contribution < -0.4 is 0 Å². The number of carbonyl (C=O) groups excluding carboxylic acids is 1. The monoisotopic (exact) mass is 328 g/mol. The Morgan fingerprint density at radius 1 is 1.12 bits per heavy atom. The molecule has 2 aromatic rings. The molecule has 24 heavy (non-hydrogen) atoms. The first-order valence-corrected chi connectivity index (χ1v) is 8.39. The highest BCUT2D eigenvalue weighted by molar-refractivity contribution is 5.80.